The van der Waals surface area contributed by atoms with Crippen LogP contribution < -0.4 is 15.8 Å². The van der Waals surface area contributed by atoms with Crippen LogP contribution in [-0.4, -0.2) is 38.2 Å². The number of nitrogens with two attached hydrogens (primary N) is 1. The first-order chi connectivity index (χ1) is 10.8. The van der Waals surface area contributed by atoms with Gasteiger partial charge in [-0.2, -0.15) is 11.8 Å². The van der Waals surface area contributed by atoms with Crippen LogP contribution in [0.1, 0.15) is 32.8 Å². The number of nitrogen functional groups attached to an aromatic ring is 1. The van der Waals surface area contributed by atoms with Crippen LogP contribution in [0.5, 0.6) is 5.75 Å². The molecule has 0 unspecified atom stereocenters. The van der Waals surface area contributed by atoms with Gasteiger partial charge in [-0.25, -0.2) is 0 Å². The Kier molecular flexibility index (Phi) is 7.72. The highest BCUT2D eigenvalue weighted by molar-refractivity contribution is 7.99. The predicted octanol–water partition coefficient (Wildman–Crippen LogP) is 3.28. The van der Waals surface area contributed by atoms with E-state index >= 15 is 0 Å². The molecule has 130 valence electrons. The first kappa shape index (κ1) is 19.6. The lowest BCUT2D eigenvalue weighted by molar-refractivity contribution is -0.113. The number of anilines is 2. The summed E-state index contributed by atoms with van der Waals surface area (Å²) >= 11 is 1.58. The molecular formula is C17H28N2O3S. The topological polar surface area (TPSA) is 73.6 Å². The van der Waals surface area contributed by atoms with Crippen LogP contribution in [0.25, 0.3) is 0 Å². The van der Waals surface area contributed by atoms with Gasteiger partial charge in [-0.05, 0) is 35.3 Å². The van der Waals surface area contributed by atoms with E-state index in [-0.39, 0.29) is 11.3 Å². The zero-order valence-electron chi connectivity index (χ0n) is 14.7. The summed E-state index contributed by atoms with van der Waals surface area (Å²) < 4.78 is 10.3. The van der Waals surface area contributed by atoms with Gasteiger partial charge in [-0.3, -0.25) is 4.79 Å². The number of nitrogens with one attached hydrogen (secondary N) is 1. The fourth-order valence-electron chi connectivity index (χ4n) is 2.06. The van der Waals surface area contributed by atoms with Gasteiger partial charge in [-0.1, -0.05) is 20.8 Å². The maximum Gasteiger partial charge on any atom is 0.234 e. The van der Waals surface area contributed by atoms with E-state index in [1.165, 1.54) is 0 Å². The first-order valence-electron chi connectivity index (χ1n) is 7.64. The van der Waals surface area contributed by atoms with E-state index in [1.54, 1.807) is 26.0 Å². The van der Waals surface area contributed by atoms with Gasteiger partial charge < -0.3 is 20.5 Å². The van der Waals surface area contributed by atoms with Crippen molar-refractivity contribution in [2.24, 2.45) is 0 Å². The molecule has 0 aromatic heterocycles. The Morgan fingerprint density at radius 3 is 2.57 bits per heavy atom. The summed E-state index contributed by atoms with van der Waals surface area (Å²) in [7, 11) is 3.23. The Morgan fingerprint density at radius 1 is 1.30 bits per heavy atom. The number of carbonyl (C=O) groups is 1. The number of amides is 1. The highest BCUT2D eigenvalue weighted by atomic mass is 32.2. The lowest BCUT2D eigenvalue weighted by Gasteiger charge is -2.22. The molecule has 0 bridgehead atoms. The smallest absolute Gasteiger partial charge is 0.234 e. The summed E-state index contributed by atoms with van der Waals surface area (Å²) in [5.74, 6) is 1.74. The molecule has 0 radical (unpaired) electrons. The Balaban J connectivity index is 2.77. The van der Waals surface area contributed by atoms with E-state index in [4.69, 9.17) is 15.2 Å². The van der Waals surface area contributed by atoms with Crippen molar-refractivity contribution in [3.63, 3.8) is 0 Å². The monoisotopic (exact) mass is 340 g/mol. The van der Waals surface area contributed by atoms with Crippen LogP contribution >= 0.6 is 11.8 Å². The molecule has 1 rings (SSSR count). The van der Waals surface area contributed by atoms with E-state index in [9.17, 15) is 4.79 Å². The molecule has 0 aliphatic rings. The molecular weight excluding hydrogens is 312 g/mol. The maximum atomic E-state index is 12.1. The van der Waals surface area contributed by atoms with Gasteiger partial charge in [0.05, 0.1) is 24.2 Å². The quantitative estimate of drug-likeness (QED) is 0.561. The van der Waals surface area contributed by atoms with Crippen molar-refractivity contribution in [2.75, 3.05) is 43.4 Å². The van der Waals surface area contributed by atoms with Crippen molar-refractivity contribution in [3.05, 3.63) is 17.7 Å². The molecule has 0 fully saturated rings. The van der Waals surface area contributed by atoms with Crippen molar-refractivity contribution >= 4 is 29.0 Å². The molecule has 0 saturated carbocycles. The highest BCUT2D eigenvalue weighted by Crippen LogP contribution is 2.36. The minimum absolute atomic E-state index is 0.0591. The molecule has 0 spiro atoms. The molecule has 6 heteroatoms. The fraction of sp³-hybridized carbons (Fsp3) is 0.588. The minimum Gasteiger partial charge on any atom is -0.492 e. The second-order valence-corrected chi connectivity index (χ2v) is 7.45. The molecule has 1 aromatic carbocycles. The van der Waals surface area contributed by atoms with Crippen LogP contribution in [0, 0.1) is 0 Å². The Labute approximate surface area is 143 Å². The molecule has 0 saturated heterocycles. The SMILES string of the molecule is COCCCSCC(=O)Nc1cc(C(C)(C)C)cc(N)c1OC. The van der Waals surface area contributed by atoms with Gasteiger partial charge in [-0.15, -0.1) is 0 Å². The van der Waals surface area contributed by atoms with E-state index in [2.05, 4.69) is 26.1 Å². The third-order valence-electron chi connectivity index (χ3n) is 3.33. The van der Waals surface area contributed by atoms with Crippen LogP contribution in [0.2, 0.25) is 0 Å². The number of hydrogen-bond acceptors (Lipinski definition) is 5. The number of thioether (sulfide) groups is 1. The molecule has 0 heterocycles. The molecule has 0 aliphatic carbocycles. The van der Waals surface area contributed by atoms with Gasteiger partial charge >= 0.3 is 0 Å². The van der Waals surface area contributed by atoms with Crippen LogP contribution in [0.3, 0.4) is 0 Å². The van der Waals surface area contributed by atoms with Crippen molar-refractivity contribution in [3.8, 4) is 5.75 Å². The highest BCUT2D eigenvalue weighted by Gasteiger charge is 2.19. The average molecular weight is 340 g/mol. The summed E-state index contributed by atoms with van der Waals surface area (Å²) in [6.07, 6.45) is 0.935. The number of ether oxygens (including phenoxy) is 2. The van der Waals surface area contributed by atoms with Gasteiger partial charge in [0.2, 0.25) is 5.91 Å². The molecule has 3 N–H and O–H groups in total. The normalized spacial score (nSPS) is 11.3. The summed E-state index contributed by atoms with van der Waals surface area (Å²) in [6, 6.07) is 3.83. The second kappa shape index (κ2) is 9.03. The third-order valence-corrected chi connectivity index (χ3v) is 4.38. The van der Waals surface area contributed by atoms with Crippen molar-refractivity contribution < 1.29 is 14.3 Å². The number of rotatable bonds is 8. The van der Waals surface area contributed by atoms with Crippen LogP contribution in [0.15, 0.2) is 12.1 Å². The summed E-state index contributed by atoms with van der Waals surface area (Å²) in [5, 5.41) is 2.91. The molecule has 0 aliphatic heterocycles. The summed E-state index contributed by atoms with van der Waals surface area (Å²) in [5.41, 5.74) is 8.21. The molecule has 5 nitrogen and oxygen atoms in total. The summed E-state index contributed by atoms with van der Waals surface area (Å²) in [6.45, 7) is 7.02. The van der Waals surface area contributed by atoms with Crippen LogP contribution in [0.4, 0.5) is 11.4 Å². The lowest BCUT2D eigenvalue weighted by Crippen LogP contribution is -2.18. The van der Waals surface area contributed by atoms with Crippen LogP contribution in [-0.2, 0) is 14.9 Å². The fourth-order valence-corrected chi connectivity index (χ4v) is 2.79. The largest absolute Gasteiger partial charge is 0.492 e. The standard InChI is InChI=1S/C17H28N2O3S/c1-17(2,3)12-9-13(18)16(22-5)14(10-12)19-15(20)11-23-8-6-7-21-4/h9-10H,6-8,11,18H2,1-5H3,(H,19,20). The first-order valence-corrected chi connectivity index (χ1v) is 8.79. The van der Waals surface area contributed by atoms with Gasteiger partial charge in [0, 0.05) is 13.7 Å². The Hall–Kier alpha value is -1.40. The van der Waals surface area contributed by atoms with E-state index in [0.29, 0.717) is 29.5 Å². The van der Waals surface area contributed by atoms with Crippen molar-refractivity contribution in [1.29, 1.82) is 0 Å². The third kappa shape index (κ3) is 6.31. The molecule has 0 atom stereocenters. The maximum absolute atomic E-state index is 12.1. The average Bonchev–Trinajstić information content (AvgIpc) is 2.45. The van der Waals surface area contributed by atoms with Crippen molar-refractivity contribution in [2.45, 2.75) is 32.6 Å². The molecule has 1 amide bonds. The van der Waals surface area contributed by atoms with E-state index in [1.807, 2.05) is 12.1 Å². The Bertz CT molecular complexity index is 527. The summed E-state index contributed by atoms with van der Waals surface area (Å²) in [4.78, 5) is 12.1. The van der Waals surface area contributed by atoms with E-state index in [0.717, 1.165) is 17.7 Å². The number of hydrogen-bond donors (Lipinski definition) is 2. The van der Waals surface area contributed by atoms with E-state index < -0.39 is 0 Å². The zero-order valence-corrected chi connectivity index (χ0v) is 15.5. The molecule has 23 heavy (non-hydrogen) atoms. The van der Waals surface area contributed by atoms with Gasteiger partial charge in [0.1, 0.15) is 0 Å². The number of methoxy groups -OCH3 is 2. The number of benzene rings is 1. The van der Waals surface area contributed by atoms with Gasteiger partial charge in [0.15, 0.2) is 5.75 Å². The van der Waals surface area contributed by atoms with Crippen molar-refractivity contribution in [1.82, 2.24) is 0 Å². The minimum atomic E-state index is -0.0607. The predicted molar refractivity (Wildman–Crippen MR) is 98.6 cm³/mol. The Morgan fingerprint density at radius 2 is 2.00 bits per heavy atom. The number of carbonyl (C=O) groups excluding carboxylic acids is 1. The second-order valence-electron chi connectivity index (χ2n) is 6.34. The zero-order chi connectivity index (χ0) is 17.5. The lowest BCUT2D eigenvalue weighted by atomic mass is 9.86. The molecule has 1 aromatic rings. The van der Waals surface area contributed by atoms with Gasteiger partial charge in [0.25, 0.3) is 0 Å².